The molecule has 2 aromatic rings. The van der Waals surface area contributed by atoms with E-state index in [1.54, 1.807) is 6.07 Å². The molecule has 0 spiro atoms. The van der Waals surface area contributed by atoms with Gasteiger partial charge in [-0.25, -0.2) is 12.8 Å². The number of carbonyl (C=O) groups excluding carboxylic acids is 2. The highest BCUT2D eigenvalue weighted by atomic mass is 32.2. The number of piperazine rings is 1. The quantitative estimate of drug-likeness (QED) is 0.559. The monoisotopic (exact) mass is 502 g/mol. The van der Waals surface area contributed by atoms with Crippen molar-refractivity contribution in [2.24, 2.45) is 5.92 Å². The van der Waals surface area contributed by atoms with E-state index in [1.807, 2.05) is 25.1 Å². The van der Waals surface area contributed by atoms with Crippen molar-refractivity contribution in [2.45, 2.75) is 19.8 Å². The van der Waals surface area contributed by atoms with Crippen molar-refractivity contribution < 1.29 is 22.4 Å². The maximum absolute atomic E-state index is 13.5. The molecule has 2 fully saturated rings. The van der Waals surface area contributed by atoms with Crippen LogP contribution in [0, 0.1) is 18.7 Å². The summed E-state index contributed by atoms with van der Waals surface area (Å²) in [5.74, 6) is -1.56. The molecule has 0 radical (unpaired) electrons. The van der Waals surface area contributed by atoms with Crippen molar-refractivity contribution in [3.8, 4) is 0 Å². The maximum Gasteiger partial charge on any atom is 0.227 e. The highest BCUT2D eigenvalue weighted by Crippen LogP contribution is 2.25. The first kappa shape index (κ1) is 25.1. The number of benzene rings is 2. The molecule has 8 nitrogen and oxygen atoms in total. The number of amides is 2. The van der Waals surface area contributed by atoms with Gasteiger partial charge in [-0.3, -0.25) is 9.59 Å². The Morgan fingerprint density at radius 3 is 2.49 bits per heavy atom. The Bertz CT molecular complexity index is 1180. The third-order valence-electron chi connectivity index (χ3n) is 6.49. The lowest BCUT2D eigenvalue weighted by atomic mass is 10.1. The summed E-state index contributed by atoms with van der Waals surface area (Å²) in [6.45, 7) is 4.57. The lowest BCUT2D eigenvalue weighted by Crippen LogP contribution is -2.49. The Morgan fingerprint density at radius 2 is 1.77 bits per heavy atom. The molecule has 1 unspecified atom stereocenters. The molecule has 2 saturated heterocycles. The predicted octanol–water partition coefficient (Wildman–Crippen LogP) is 2.15. The Hall–Kier alpha value is -2.98. The third-order valence-corrected chi connectivity index (χ3v) is 8.45. The summed E-state index contributed by atoms with van der Waals surface area (Å²) < 4.78 is 40.5. The average molecular weight is 503 g/mol. The number of rotatable bonds is 8. The number of nitrogens with zero attached hydrogens (tertiary/aromatic N) is 3. The van der Waals surface area contributed by atoms with Crippen LogP contribution in [0.4, 0.5) is 15.8 Å². The minimum Gasteiger partial charge on any atom is -0.369 e. The summed E-state index contributed by atoms with van der Waals surface area (Å²) in [7, 11) is -3.41. The second-order valence-corrected chi connectivity index (χ2v) is 11.2. The number of nitrogens with one attached hydrogen (secondary N) is 1. The summed E-state index contributed by atoms with van der Waals surface area (Å²) in [5, 5.41) is 2.75. The standard InChI is InChI=1S/C25H31FN4O4S/c1-19-5-2-7-22(15-19)28-10-12-29(13-11-28)35(33,34)14-4-9-27-25(32)20-16-24(31)30(18-20)23-8-3-6-21(26)17-23/h2-3,5-8,15,17,20H,4,9-14,16,18H2,1H3,(H,27,32). The molecule has 0 aromatic heterocycles. The first-order chi connectivity index (χ1) is 16.7. The van der Waals surface area contributed by atoms with Crippen molar-refractivity contribution in [1.82, 2.24) is 9.62 Å². The van der Waals surface area contributed by atoms with Gasteiger partial charge in [0.1, 0.15) is 5.82 Å². The SMILES string of the molecule is Cc1cccc(N2CCN(S(=O)(=O)CCCNC(=O)C3CC(=O)N(c4cccc(F)c4)C3)CC2)c1. The number of halogens is 1. The van der Waals surface area contributed by atoms with Gasteiger partial charge in [0.2, 0.25) is 21.8 Å². The van der Waals surface area contributed by atoms with Crippen LogP contribution in [-0.4, -0.2) is 69.6 Å². The largest absolute Gasteiger partial charge is 0.369 e. The first-order valence-electron chi connectivity index (χ1n) is 11.9. The van der Waals surface area contributed by atoms with E-state index in [-0.39, 0.29) is 37.1 Å². The second-order valence-electron chi connectivity index (χ2n) is 9.07. The van der Waals surface area contributed by atoms with E-state index in [0.29, 0.717) is 38.3 Å². The summed E-state index contributed by atoms with van der Waals surface area (Å²) in [4.78, 5) is 28.4. The second kappa shape index (κ2) is 10.7. The van der Waals surface area contributed by atoms with Crippen LogP contribution in [-0.2, 0) is 19.6 Å². The van der Waals surface area contributed by atoms with Gasteiger partial charge in [0, 0.05) is 57.1 Å². The fraction of sp³-hybridized carbons (Fsp3) is 0.440. The minimum atomic E-state index is -3.41. The van der Waals surface area contributed by atoms with Crippen LogP contribution >= 0.6 is 0 Å². The summed E-state index contributed by atoms with van der Waals surface area (Å²) >= 11 is 0. The zero-order valence-electron chi connectivity index (χ0n) is 19.8. The average Bonchev–Trinajstić information content (AvgIpc) is 3.23. The number of carbonyl (C=O) groups is 2. The molecule has 35 heavy (non-hydrogen) atoms. The zero-order chi connectivity index (χ0) is 25.0. The highest BCUT2D eigenvalue weighted by molar-refractivity contribution is 7.89. The van der Waals surface area contributed by atoms with E-state index in [1.165, 1.54) is 33.0 Å². The van der Waals surface area contributed by atoms with Crippen LogP contribution < -0.4 is 15.1 Å². The van der Waals surface area contributed by atoms with E-state index in [4.69, 9.17) is 0 Å². The van der Waals surface area contributed by atoms with Crippen LogP contribution in [0.5, 0.6) is 0 Å². The third kappa shape index (κ3) is 6.18. The lowest BCUT2D eigenvalue weighted by molar-refractivity contribution is -0.126. The Labute approximate surface area is 205 Å². The van der Waals surface area contributed by atoms with Crippen LogP contribution in [0.3, 0.4) is 0 Å². The number of sulfonamides is 1. The van der Waals surface area contributed by atoms with Gasteiger partial charge in [0.25, 0.3) is 0 Å². The molecule has 2 heterocycles. The van der Waals surface area contributed by atoms with Gasteiger partial charge < -0.3 is 15.1 Å². The molecule has 0 aliphatic carbocycles. The fourth-order valence-corrected chi connectivity index (χ4v) is 6.05. The zero-order valence-corrected chi connectivity index (χ0v) is 20.6. The van der Waals surface area contributed by atoms with Crippen LogP contribution in [0.2, 0.25) is 0 Å². The van der Waals surface area contributed by atoms with E-state index < -0.39 is 21.8 Å². The van der Waals surface area contributed by atoms with Crippen molar-refractivity contribution >= 4 is 33.2 Å². The molecule has 2 aliphatic rings. The van der Waals surface area contributed by atoms with E-state index in [0.717, 1.165) is 5.69 Å². The molecule has 2 aliphatic heterocycles. The highest BCUT2D eigenvalue weighted by Gasteiger charge is 2.35. The fourth-order valence-electron chi connectivity index (χ4n) is 4.57. The minimum absolute atomic E-state index is 0.0449. The number of anilines is 2. The van der Waals surface area contributed by atoms with Gasteiger partial charge in [-0.2, -0.15) is 4.31 Å². The van der Waals surface area contributed by atoms with E-state index in [2.05, 4.69) is 16.3 Å². The lowest BCUT2D eigenvalue weighted by Gasteiger charge is -2.35. The molecule has 0 bridgehead atoms. The molecule has 0 saturated carbocycles. The topological polar surface area (TPSA) is 90.0 Å². The van der Waals surface area contributed by atoms with Crippen molar-refractivity contribution in [3.63, 3.8) is 0 Å². The van der Waals surface area contributed by atoms with Gasteiger partial charge in [-0.1, -0.05) is 18.2 Å². The van der Waals surface area contributed by atoms with Gasteiger partial charge in [0.15, 0.2) is 0 Å². The van der Waals surface area contributed by atoms with Crippen molar-refractivity contribution in [1.29, 1.82) is 0 Å². The maximum atomic E-state index is 13.5. The molecule has 2 amide bonds. The van der Waals surface area contributed by atoms with E-state index >= 15 is 0 Å². The van der Waals surface area contributed by atoms with Gasteiger partial charge in [-0.15, -0.1) is 0 Å². The Balaban J connectivity index is 1.20. The van der Waals surface area contributed by atoms with Crippen molar-refractivity contribution in [3.05, 3.63) is 59.9 Å². The number of hydrogen-bond donors (Lipinski definition) is 1. The number of aryl methyl sites for hydroxylation is 1. The molecule has 10 heteroatoms. The van der Waals surface area contributed by atoms with Crippen LogP contribution in [0.15, 0.2) is 48.5 Å². The van der Waals surface area contributed by atoms with E-state index in [9.17, 15) is 22.4 Å². The van der Waals surface area contributed by atoms with Crippen LogP contribution in [0.1, 0.15) is 18.4 Å². The Kier molecular flexibility index (Phi) is 7.71. The molecule has 4 rings (SSSR count). The smallest absolute Gasteiger partial charge is 0.227 e. The summed E-state index contributed by atoms with van der Waals surface area (Å²) in [5.41, 5.74) is 2.70. The molecular formula is C25H31FN4O4S. The molecule has 1 N–H and O–H groups in total. The van der Waals surface area contributed by atoms with Crippen LogP contribution in [0.25, 0.3) is 0 Å². The first-order valence-corrected chi connectivity index (χ1v) is 13.5. The van der Waals surface area contributed by atoms with Crippen molar-refractivity contribution in [2.75, 3.05) is 54.8 Å². The van der Waals surface area contributed by atoms with Gasteiger partial charge in [-0.05, 0) is 49.2 Å². The number of hydrogen-bond acceptors (Lipinski definition) is 5. The normalized spacial score (nSPS) is 19.3. The predicted molar refractivity (Wildman–Crippen MR) is 133 cm³/mol. The molecule has 188 valence electrons. The molecule has 1 atom stereocenters. The van der Waals surface area contributed by atoms with Gasteiger partial charge in [0.05, 0.1) is 11.7 Å². The van der Waals surface area contributed by atoms with Gasteiger partial charge >= 0.3 is 0 Å². The molecule has 2 aromatic carbocycles. The summed E-state index contributed by atoms with van der Waals surface area (Å²) in [6, 6.07) is 13.9. The Morgan fingerprint density at radius 1 is 1.06 bits per heavy atom. The summed E-state index contributed by atoms with van der Waals surface area (Å²) in [6.07, 6.45) is 0.340. The molecular weight excluding hydrogens is 471 g/mol.